The summed E-state index contributed by atoms with van der Waals surface area (Å²) in [6.07, 6.45) is 9.74. The van der Waals surface area contributed by atoms with Crippen LogP contribution in [0.5, 0.6) is 11.5 Å². The molecule has 0 atom stereocenters. The third-order valence-corrected chi connectivity index (χ3v) is 5.66. The van der Waals surface area contributed by atoms with Gasteiger partial charge in [-0.2, -0.15) is 5.10 Å². The lowest BCUT2D eigenvalue weighted by molar-refractivity contribution is -0.116. The van der Waals surface area contributed by atoms with Crippen molar-refractivity contribution in [2.75, 3.05) is 14.2 Å². The van der Waals surface area contributed by atoms with Crippen LogP contribution in [0.1, 0.15) is 43.0 Å². The van der Waals surface area contributed by atoms with Gasteiger partial charge in [-0.05, 0) is 54.8 Å². The second-order valence-corrected chi connectivity index (χ2v) is 7.78. The van der Waals surface area contributed by atoms with Gasteiger partial charge in [0.05, 0.1) is 43.9 Å². The Kier molecular flexibility index (Phi) is 6.84. The van der Waals surface area contributed by atoms with Gasteiger partial charge in [0.2, 0.25) is 5.91 Å². The highest BCUT2D eigenvalue weighted by atomic mass is 16.5. The van der Waals surface area contributed by atoms with Crippen LogP contribution >= 0.6 is 0 Å². The minimum absolute atomic E-state index is 0.186. The monoisotopic (exact) mass is 432 g/mol. The number of rotatable bonds is 8. The van der Waals surface area contributed by atoms with Crippen molar-refractivity contribution in [2.24, 2.45) is 0 Å². The average Bonchev–Trinajstić information content (AvgIpc) is 3.51. The van der Waals surface area contributed by atoms with Crippen LogP contribution in [0.3, 0.4) is 0 Å². The molecule has 1 amide bonds. The number of ether oxygens (including phenoxy) is 2. The van der Waals surface area contributed by atoms with Crippen LogP contribution in [0.2, 0.25) is 0 Å². The molecule has 7 heteroatoms. The van der Waals surface area contributed by atoms with Gasteiger partial charge in [-0.1, -0.05) is 25.0 Å². The molecule has 4 rings (SSSR count). The Morgan fingerprint density at radius 3 is 2.66 bits per heavy atom. The van der Waals surface area contributed by atoms with Gasteiger partial charge in [-0.3, -0.25) is 14.5 Å². The lowest BCUT2D eigenvalue weighted by Gasteiger charge is -2.13. The van der Waals surface area contributed by atoms with E-state index in [-0.39, 0.29) is 5.91 Å². The van der Waals surface area contributed by atoms with E-state index in [0.717, 1.165) is 35.5 Å². The number of methoxy groups -OCH3 is 2. The van der Waals surface area contributed by atoms with E-state index < -0.39 is 0 Å². The Balaban J connectivity index is 1.44. The Hall–Kier alpha value is -3.61. The van der Waals surface area contributed by atoms with E-state index in [2.05, 4.69) is 15.0 Å². The fourth-order valence-corrected chi connectivity index (χ4v) is 4.03. The minimum atomic E-state index is -0.186. The summed E-state index contributed by atoms with van der Waals surface area (Å²) in [7, 11) is 3.18. The van der Waals surface area contributed by atoms with Crippen LogP contribution in [0, 0.1) is 0 Å². The van der Waals surface area contributed by atoms with Crippen molar-refractivity contribution in [1.29, 1.82) is 0 Å². The lowest BCUT2D eigenvalue weighted by atomic mass is 10.2. The van der Waals surface area contributed by atoms with Gasteiger partial charge in [0, 0.05) is 12.3 Å². The number of aromatic nitrogens is 3. The molecular formula is C25H28N4O3. The molecule has 32 heavy (non-hydrogen) atoms. The van der Waals surface area contributed by atoms with Gasteiger partial charge in [-0.15, -0.1) is 0 Å². The van der Waals surface area contributed by atoms with Crippen LogP contribution in [0.4, 0.5) is 0 Å². The van der Waals surface area contributed by atoms with E-state index in [1.807, 2.05) is 42.5 Å². The number of hydrogen-bond acceptors (Lipinski definition) is 5. The topological polar surface area (TPSA) is 78.3 Å². The summed E-state index contributed by atoms with van der Waals surface area (Å²) in [6, 6.07) is 13.8. The molecule has 7 nitrogen and oxygen atoms in total. The molecule has 3 aromatic rings. The fourth-order valence-electron chi connectivity index (χ4n) is 4.03. The van der Waals surface area contributed by atoms with E-state index >= 15 is 0 Å². The number of pyridine rings is 1. The molecule has 0 unspecified atom stereocenters. The largest absolute Gasteiger partial charge is 0.493 e. The van der Waals surface area contributed by atoms with Crippen LogP contribution in [0.25, 0.3) is 17.5 Å². The van der Waals surface area contributed by atoms with Crippen LogP contribution in [-0.4, -0.2) is 34.9 Å². The zero-order chi connectivity index (χ0) is 22.3. The first-order valence-electron chi connectivity index (χ1n) is 10.9. The van der Waals surface area contributed by atoms with Gasteiger partial charge in [0.1, 0.15) is 0 Å². The summed E-state index contributed by atoms with van der Waals surface area (Å²) in [5, 5.41) is 7.73. The number of carbonyl (C=O) groups excluding carboxylic acids is 1. The Morgan fingerprint density at radius 1 is 1.12 bits per heavy atom. The van der Waals surface area contributed by atoms with Gasteiger partial charge in [0.15, 0.2) is 11.5 Å². The fraction of sp³-hybridized carbons (Fsp3) is 0.320. The molecule has 1 aromatic carbocycles. The molecule has 1 N–H and O–H groups in total. The zero-order valence-electron chi connectivity index (χ0n) is 18.5. The number of amides is 1. The number of benzene rings is 1. The van der Waals surface area contributed by atoms with E-state index in [0.29, 0.717) is 24.1 Å². The van der Waals surface area contributed by atoms with Gasteiger partial charge >= 0.3 is 0 Å². The average molecular weight is 433 g/mol. The van der Waals surface area contributed by atoms with Crippen LogP contribution in [0.15, 0.2) is 54.7 Å². The molecule has 2 aromatic heterocycles. The van der Waals surface area contributed by atoms with Gasteiger partial charge < -0.3 is 14.8 Å². The first-order valence-corrected chi connectivity index (χ1v) is 10.9. The molecule has 1 fully saturated rings. The standard InChI is InChI=1S/C25H28N4O3/c1-31-23-12-10-18(15-24(23)32-2)11-13-25(30)27-17-19-16-22(21-9-5-6-14-26-21)29(28-19)20-7-3-4-8-20/h5-6,9-16,20H,3-4,7-8,17H2,1-2H3,(H,27,30). The lowest BCUT2D eigenvalue weighted by Crippen LogP contribution is -2.20. The Labute approximate surface area is 188 Å². The molecule has 0 radical (unpaired) electrons. The van der Waals surface area contributed by atoms with Crippen molar-refractivity contribution in [3.05, 3.63) is 66.0 Å². The van der Waals surface area contributed by atoms with Crippen molar-refractivity contribution in [2.45, 2.75) is 38.3 Å². The minimum Gasteiger partial charge on any atom is -0.493 e. The van der Waals surface area contributed by atoms with E-state index in [4.69, 9.17) is 14.6 Å². The number of nitrogens with zero attached hydrogens (tertiary/aromatic N) is 3. The van der Waals surface area contributed by atoms with E-state index in [1.165, 1.54) is 18.9 Å². The second-order valence-electron chi connectivity index (χ2n) is 7.78. The highest BCUT2D eigenvalue weighted by molar-refractivity contribution is 5.91. The Bertz CT molecular complexity index is 1090. The first-order chi connectivity index (χ1) is 15.7. The summed E-state index contributed by atoms with van der Waals surface area (Å²) in [6.45, 7) is 0.356. The zero-order valence-corrected chi connectivity index (χ0v) is 18.5. The summed E-state index contributed by atoms with van der Waals surface area (Å²) in [5.74, 6) is 1.08. The normalized spacial score (nSPS) is 14.1. The Morgan fingerprint density at radius 2 is 1.94 bits per heavy atom. The molecule has 0 spiro atoms. The second kappa shape index (κ2) is 10.1. The quantitative estimate of drug-likeness (QED) is 0.534. The molecular weight excluding hydrogens is 404 g/mol. The predicted molar refractivity (Wildman–Crippen MR) is 123 cm³/mol. The van der Waals surface area contributed by atoms with Crippen LogP contribution in [-0.2, 0) is 11.3 Å². The van der Waals surface area contributed by atoms with E-state index in [9.17, 15) is 4.79 Å². The maximum absolute atomic E-state index is 12.4. The predicted octanol–water partition coefficient (Wildman–Crippen LogP) is 4.41. The maximum atomic E-state index is 12.4. The van der Waals surface area contributed by atoms with Crippen molar-refractivity contribution in [1.82, 2.24) is 20.1 Å². The van der Waals surface area contributed by atoms with Gasteiger partial charge in [-0.25, -0.2) is 0 Å². The van der Waals surface area contributed by atoms with Gasteiger partial charge in [0.25, 0.3) is 0 Å². The highest BCUT2D eigenvalue weighted by Crippen LogP contribution is 2.33. The number of carbonyl (C=O) groups is 1. The SMILES string of the molecule is COc1ccc(C=CC(=O)NCc2cc(-c3ccccn3)n(C3CCCC3)n2)cc1OC. The van der Waals surface area contributed by atoms with E-state index in [1.54, 1.807) is 26.5 Å². The number of hydrogen-bond donors (Lipinski definition) is 1. The third-order valence-electron chi connectivity index (χ3n) is 5.66. The summed E-state index contributed by atoms with van der Waals surface area (Å²) in [5.41, 5.74) is 3.58. The van der Waals surface area contributed by atoms with Crippen molar-refractivity contribution < 1.29 is 14.3 Å². The third kappa shape index (κ3) is 4.99. The van der Waals surface area contributed by atoms with Crippen molar-refractivity contribution >= 4 is 12.0 Å². The molecule has 1 aliphatic rings. The molecule has 166 valence electrons. The highest BCUT2D eigenvalue weighted by Gasteiger charge is 2.22. The maximum Gasteiger partial charge on any atom is 0.244 e. The summed E-state index contributed by atoms with van der Waals surface area (Å²) >= 11 is 0. The summed E-state index contributed by atoms with van der Waals surface area (Å²) in [4.78, 5) is 16.9. The smallest absolute Gasteiger partial charge is 0.244 e. The number of nitrogens with one attached hydrogen (secondary N) is 1. The molecule has 1 saturated carbocycles. The van der Waals surface area contributed by atoms with Crippen molar-refractivity contribution in [3.63, 3.8) is 0 Å². The molecule has 0 saturated heterocycles. The molecule has 1 aliphatic carbocycles. The first kappa shape index (κ1) is 21.6. The summed E-state index contributed by atoms with van der Waals surface area (Å²) < 4.78 is 12.6. The molecule has 0 aliphatic heterocycles. The molecule has 2 heterocycles. The van der Waals surface area contributed by atoms with Crippen molar-refractivity contribution in [3.8, 4) is 22.9 Å². The molecule has 0 bridgehead atoms. The van der Waals surface area contributed by atoms with Crippen LogP contribution < -0.4 is 14.8 Å².